The first kappa shape index (κ1) is 12.2. The highest BCUT2D eigenvalue weighted by Gasteiger charge is 2.35. The number of fused-ring (bicyclic) bond motifs is 1. The molecule has 3 N–H and O–H groups in total. The summed E-state index contributed by atoms with van der Waals surface area (Å²) < 4.78 is 6.32. The number of hydrogen-bond acceptors (Lipinski definition) is 5. The number of carbonyl (C=O) groups is 1. The molecule has 2 aromatic rings. The first-order chi connectivity index (χ1) is 9.50. The summed E-state index contributed by atoms with van der Waals surface area (Å²) in [7, 11) is 1.43. The molecular weight excluding hydrogens is 262 g/mol. The lowest BCUT2D eigenvalue weighted by atomic mass is 10.0. The molecule has 102 valence electrons. The lowest BCUT2D eigenvalue weighted by Gasteiger charge is -2.14. The zero-order valence-electron chi connectivity index (χ0n) is 10.5. The highest BCUT2D eigenvalue weighted by Crippen LogP contribution is 2.35. The number of cyclic esters (lactones) is 1. The van der Waals surface area contributed by atoms with E-state index in [0.29, 0.717) is 11.1 Å². The van der Waals surface area contributed by atoms with Crippen molar-refractivity contribution in [3.05, 3.63) is 61.8 Å². The fourth-order valence-corrected chi connectivity index (χ4v) is 2.27. The Kier molecular flexibility index (Phi) is 2.50. The highest BCUT2D eigenvalue weighted by atomic mass is 16.5. The summed E-state index contributed by atoms with van der Waals surface area (Å²) in [6.07, 6.45) is -0.894. The predicted molar refractivity (Wildman–Crippen MR) is 70.4 cm³/mol. The average molecular weight is 273 g/mol. The van der Waals surface area contributed by atoms with E-state index in [1.807, 2.05) is 0 Å². The Balaban J connectivity index is 2.27. The number of nitrogen functional groups attached to an aromatic ring is 1. The van der Waals surface area contributed by atoms with Crippen molar-refractivity contribution in [2.24, 2.45) is 7.05 Å². The van der Waals surface area contributed by atoms with E-state index in [0.717, 1.165) is 4.57 Å². The van der Waals surface area contributed by atoms with Crippen molar-refractivity contribution in [2.75, 3.05) is 5.73 Å². The van der Waals surface area contributed by atoms with Crippen molar-refractivity contribution < 1.29 is 9.53 Å². The van der Waals surface area contributed by atoms with E-state index >= 15 is 0 Å². The molecule has 0 unspecified atom stereocenters. The lowest BCUT2D eigenvalue weighted by molar-refractivity contribution is 0.0454. The third-order valence-corrected chi connectivity index (χ3v) is 3.36. The van der Waals surface area contributed by atoms with Crippen molar-refractivity contribution in [3.8, 4) is 0 Å². The lowest BCUT2D eigenvalue weighted by Crippen LogP contribution is -2.34. The molecule has 2 heterocycles. The molecule has 3 rings (SSSR count). The van der Waals surface area contributed by atoms with Gasteiger partial charge in [-0.25, -0.2) is 9.59 Å². The highest BCUT2D eigenvalue weighted by molar-refractivity contribution is 5.94. The fraction of sp³-hybridized carbons (Fsp3) is 0.154. The van der Waals surface area contributed by atoms with Crippen LogP contribution in [0.3, 0.4) is 0 Å². The third-order valence-electron chi connectivity index (χ3n) is 3.36. The number of H-pyrrole nitrogens is 1. The van der Waals surface area contributed by atoms with E-state index in [1.54, 1.807) is 24.3 Å². The number of nitrogens with two attached hydrogens (primary N) is 1. The summed E-state index contributed by atoms with van der Waals surface area (Å²) in [5.74, 6) is -0.536. The molecule has 1 aliphatic rings. The van der Waals surface area contributed by atoms with Gasteiger partial charge < -0.3 is 10.5 Å². The number of nitrogens with one attached hydrogen (secondary N) is 1. The van der Waals surface area contributed by atoms with E-state index in [-0.39, 0.29) is 11.4 Å². The largest absolute Gasteiger partial charge is 0.449 e. The molecule has 1 aliphatic heterocycles. The van der Waals surface area contributed by atoms with Gasteiger partial charge in [-0.3, -0.25) is 14.3 Å². The molecule has 0 aliphatic carbocycles. The fourth-order valence-electron chi connectivity index (χ4n) is 2.27. The first-order valence-electron chi connectivity index (χ1n) is 5.89. The quantitative estimate of drug-likeness (QED) is 0.706. The number of ether oxygens (including phenoxy) is 1. The van der Waals surface area contributed by atoms with Gasteiger partial charge in [-0.2, -0.15) is 0 Å². The molecule has 0 saturated carbocycles. The summed E-state index contributed by atoms with van der Waals surface area (Å²) in [6.45, 7) is 0. The third kappa shape index (κ3) is 1.56. The minimum absolute atomic E-state index is 0.0201. The van der Waals surface area contributed by atoms with Crippen LogP contribution in [0.2, 0.25) is 0 Å². The number of benzene rings is 1. The summed E-state index contributed by atoms with van der Waals surface area (Å²) in [6, 6.07) is 6.75. The maximum absolute atomic E-state index is 12.0. The number of aromatic amines is 1. The molecule has 0 saturated heterocycles. The molecule has 7 heteroatoms. The van der Waals surface area contributed by atoms with Crippen LogP contribution >= 0.6 is 0 Å². The molecule has 7 nitrogen and oxygen atoms in total. The molecule has 0 spiro atoms. The maximum Gasteiger partial charge on any atom is 0.339 e. The van der Waals surface area contributed by atoms with Crippen molar-refractivity contribution in [2.45, 2.75) is 6.10 Å². The maximum atomic E-state index is 12.0. The molecule has 0 bridgehead atoms. The van der Waals surface area contributed by atoms with Gasteiger partial charge in [0.05, 0.1) is 5.56 Å². The molecule has 0 fully saturated rings. The van der Waals surface area contributed by atoms with Crippen molar-refractivity contribution in [1.82, 2.24) is 9.55 Å². The van der Waals surface area contributed by atoms with Crippen LogP contribution in [0.15, 0.2) is 33.9 Å². The van der Waals surface area contributed by atoms with Gasteiger partial charge in [0, 0.05) is 12.6 Å². The average Bonchev–Trinajstić information content (AvgIpc) is 2.75. The SMILES string of the molecule is Cn1c(N)c([C@H]2OC(=O)c3ccccc32)c(=O)[nH]c1=O. The van der Waals surface area contributed by atoms with Crippen LogP contribution in [0.25, 0.3) is 0 Å². The van der Waals surface area contributed by atoms with Gasteiger partial charge in [-0.05, 0) is 6.07 Å². The van der Waals surface area contributed by atoms with Crippen molar-refractivity contribution >= 4 is 11.8 Å². The summed E-state index contributed by atoms with van der Waals surface area (Å²) >= 11 is 0. The second-order valence-electron chi connectivity index (χ2n) is 4.49. The molecular formula is C13H11N3O4. The normalized spacial score (nSPS) is 16.9. The molecule has 20 heavy (non-hydrogen) atoms. The predicted octanol–water partition coefficient (Wildman–Crippen LogP) is -0.0844. The Morgan fingerprint density at radius 3 is 2.70 bits per heavy atom. The molecule has 0 radical (unpaired) electrons. The number of aromatic nitrogens is 2. The minimum atomic E-state index is -0.894. The van der Waals surface area contributed by atoms with E-state index < -0.39 is 23.3 Å². The molecule has 1 aromatic carbocycles. The van der Waals surface area contributed by atoms with Crippen molar-refractivity contribution in [3.63, 3.8) is 0 Å². The van der Waals surface area contributed by atoms with Gasteiger partial charge in [0.1, 0.15) is 11.4 Å². The number of hydrogen-bond donors (Lipinski definition) is 2. The van der Waals surface area contributed by atoms with Crippen LogP contribution < -0.4 is 17.0 Å². The smallest absolute Gasteiger partial charge is 0.339 e. The van der Waals surface area contributed by atoms with Gasteiger partial charge in [-0.15, -0.1) is 0 Å². The number of esters is 1. The Morgan fingerprint density at radius 1 is 1.25 bits per heavy atom. The Hall–Kier alpha value is -2.83. The van der Waals surface area contributed by atoms with Gasteiger partial charge in [-0.1, -0.05) is 18.2 Å². The Morgan fingerprint density at radius 2 is 1.95 bits per heavy atom. The second-order valence-corrected chi connectivity index (χ2v) is 4.49. The number of nitrogens with zero attached hydrogens (tertiary/aromatic N) is 1. The van der Waals surface area contributed by atoms with Crippen LogP contribution in [0.4, 0.5) is 5.82 Å². The van der Waals surface area contributed by atoms with Crippen LogP contribution in [-0.4, -0.2) is 15.5 Å². The Bertz CT molecular complexity index is 834. The van der Waals surface area contributed by atoms with Crippen LogP contribution in [-0.2, 0) is 11.8 Å². The van der Waals surface area contributed by atoms with E-state index in [4.69, 9.17) is 10.5 Å². The van der Waals surface area contributed by atoms with Crippen LogP contribution in [0.5, 0.6) is 0 Å². The first-order valence-corrected chi connectivity index (χ1v) is 5.89. The standard InChI is InChI=1S/C13H11N3O4/c1-16-10(14)8(11(17)15-13(16)19)9-6-4-2-3-5-7(6)12(18)20-9/h2-5,9H,14H2,1H3,(H,15,17,19)/t9-/m0/s1. The number of rotatable bonds is 1. The second kappa shape index (κ2) is 4.09. The monoisotopic (exact) mass is 273 g/mol. The van der Waals surface area contributed by atoms with E-state index in [2.05, 4.69) is 4.98 Å². The molecule has 1 aromatic heterocycles. The number of anilines is 1. The van der Waals surface area contributed by atoms with Crippen LogP contribution in [0, 0.1) is 0 Å². The van der Waals surface area contributed by atoms with Crippen LogP contribution in [0.1, 0.15) is 27.6 Å². The van der Waals surface area contributed by atoms with Crippen molar-refractivity contribution in [1.29, 1.82) is 0 Å². The molecule has 1 atom stereocenters. The summed E-state index contributed by atoms with van der Waals surface area (Å²) in [4.78, 5) is 37.4. The Labute approximate surface area is 112 Å². The minimum Gasteiger partial charge on any atom is -0.449 e. The molecule has 0 amide bonds. The summed E-state index contributed by atoms with van der Waals surface area (Å²) in [5, 5.41) is 0. The van der Waals surface area contributed by atoms with Gasteiger partial charge in [0.25, 0.3) is 5.56 Å². The van der Waals surface area contributed by atoms with Gasteiger partial charge >= 0.3 is 11.7 Å². The van der Waals surface area contributed by atoms with Gasteiger partial charge in [0.15, 0.2) is 6.10 Å². The topological polar surface area (TPSA) is 107 Å². The zero-order chi connectivity index (χ0) is 14.4. The zero-order valence-corrected chi connectivity index (χ0v) is 10.5. The van der Waals surface area contributed by atoms with E-state index in [1.165, 1.54) is 7.05 Å². The summed E-state index contributed by atoms with van der Waals surface area (Å²) in [5.41, 5.74) is 5.57. The van der Waals surface area contributed by atoms with Gasteiger partial charge in [0.2, 0.25) is 0 Å². The van der Waals surface area contributed by atoms with E-state index in [9.17, 15) is 14.4 Å². The number of carbonyl (C=O) groups excluding carboxylic acids is 1.